The van der Waals surface area contributed by atoms with Crippen LogP contribution in [0.15, 0.2) is 41.6 Å². The fraction of sp³-hybridized carbons (Fsp3) is 0.154. The van der Waals surface area contributed by atoms with Gasteiger partial charge in [0.05, 0.1) is 11.7 Å². The Kier molecular flexibility index (Phi) is 3.98. The van der Waals surface area contributed by atoms with E-state index in [2.05, 4.69) is 15.5 Å². The maximum atomic E-state index is 11.2. The average Bonchev–Trinajstić information content (AvgIpc) is 2.39. The summed E-state index contributed by atoms with van der Waals surface area (Å²) in [6.07, 6.45) is 3.58. The standard InChI is InChI=1S/C13H14N4O/c14-7-6-12(18)17-16-9-11-4-1-3-10-5-2-8-15-13(10)11/h1-5,8-9H,6-7,14H2,(H,17,18)/b16-9+. The molecule has 0 saturated carbocycles. The highest BCUT2D eigenvalue weighted by molar-refractivity contribution is 5.97. The highest BCUT2D eigenvalue weighted by Crippen LogP contribution is 2.13. The van der Waals surface area contributed by atoms with Gasteiger partial charge >= 0.3 is 0 Å². The zero-order valence-electron chi connectivity index (χ0n) is 9.84. The predicted molar refractivity (Wildman–Crippen MR) is 71.2 cm³/mol. The van der Waals surface area contributed by atoms with Gasteiger partial charge in [-0.05, 0) is 6.07 Å². The third-order valence-electron chi connectivity index (χ3n) is 2.43. The average molecular weight is 242 g/mol. The van der Waals surface area contributed by atoms with Gasteiger partial charge < -0.3 is 5.73 Å². The lowest BCUT2D eigenvalue weighted by molar-refractivity contribution is -0.120. The number of nitrogens with zero attached hydrogens (tertiary/aromatic N) is 2. The molecular weight excluding hydrogens is 228 g/mol. The van der Waals surface area contributed by atoms with E-state index in [1.807, 2.05) is 30.3 Å². The quantitative estimate of drug-likeness (QED) is 0.620. The lowest BCUT2D eigenvalue weighted by atomic mass is 10.1. The summed E-state index contributed by atoms with van der Waals surface area (Å²) < 4.78 is 0. The molecule has 1 aromatic carbocycles. The van der Waals surface area contributed by atoms with Crippen LogP contribution in [-0.4, -0.2) is 23.7 Å². The first kappa shape index (κ1) is 12.2. The number of amides is 1. The van der Waals surface area contributed by atoms with Gasteiger partial charge in [0.25, 0.3) is 0 Å². The van der Waals surface area contributed by atoms with Crippen molar-refractivity contribution in [3.05, 3.63) is 42.1 Å². The molecule has 5 nitrogen and oxygen atoms in total. The summed E-state index contributed by atoms with van der Waals surface area (Å²) in [7, 11) is 0. The van der Waals surface area contributed by atoms with E-state index in [0.717, 1.165) is 16.5 Å². The Morgan fingerprint density at radius 2 is 2.22 bits per heavy atom. The van der Waals surface area contributed by atoms with E-state index in [0.29, 0.717) is 6.54 Å². The van der Waals surface area contributed by atoms with E-state index >= 15 is 0 Å². The van der Waals surface area contributed by atoms with Gasteiger partial charge in [0.15, 0.2) is 0 Å². The van der Waals surface area contributed by atoms with E-state index in [9.17, 15) is 4.79 Å². The van der Waals surface area contributed by atoms with Crippen LogP contribution in [0, 0.1) is 0 Å². The summed E-state index contributed by atoms with van der Waals surface area (Å²) in [6.45, 7) is 0.317. The van der Waals surface area contributed by atoms with Gasteiger partial charge in [0.2, 0.25) is 5.91 Å². The predicted octanol–water partition coefficient (Wildman–Crippen LogP) is 1.03. The normalized spacial score (nSPS) is 10.9. The second kappa shape index (κ2) is 5.88. The molecule has 0 bridgehead atoms. The molecule has 1 aromatic heterocycles. The summed E-state index contributed by atoms with van der Waals surface area (Å²) >= 11 is 0. The maximum Gasteiger partial charge on any atom is 0.241 e. The van der Waals surface area contributed by atoms with Crippen LogP contribution in [0.2, 0.25) is 0 Å². The van der Waals surface area contributed by atoms with E-state index in [1.54, 1.807) is 12.4 Å². The van der Waals surface area contributed by atoms with Crippen LogP contribution in [0.3, 0.4) is 0 Å². The van der Waals surface area contributed by atoms with Gasteiger partial charge in [-0.1, -0.05) is 24.3 Å². The first-order valence-corrected chi connectivity index (χ1v) is 5.67. The topological polar surface area (TPSA) is 80.4 Å². The summed E-state index contributed by atoms with van der Waals surface area (Å²) in [6, 6.07) is 9.66. The number of benzene rings is 1. The van der Waals surface area contributed by atoms with Crippen LogP contribution in [0.1, 0.15) is 12.0 Å². The molecule has 0 saturated heterocycles. The Bertz CT molecular complexity index is 575. The van der Waals surface area contributed by atoms with Crippen LogP contribution >= 0.6 is 0 Å². The van der Waals surface area contributed by atoms with Gasteiger partial charge in [0.1, 0.15) is 0 Å². The minimum absolute atomic E-state index is 0.193. The number of carbonyl (C=O) groups is 1. The molecule has 0 aliphatic rings. The van der Waals surface area contributed by atoms with Crippen LogP contribution in [0.4, 0.5) is 0 Å². The Labute approximate surface area is 105 Å². The van der Waals surface area contributed by atoms with Crippen molar-refractivity contribution in [3.63, 3.8) is 0 Å². The number of hydrogen-bond acceptors (Lipinski definition) is 4. The number of pyridine rings is 1. The summed E-state index contributed by atoms with van der Waals surface area (Å²) in [5.74, 6) is -0.193. The van der Waals surface area contributed by atoms with Gasteiger partial charge in [0, 0.05) is 30.1 Å². The second-order valence-corrected chi connectivity index (χ2v) is 3.75. The molecule has 18 heavy (non-hydrogen) atoms. The van der Waals surface area contributed by atoms with E-state index < -0.39 is 0 Å². The number of fused-ring (bicyclic) bond motifs is 1. The Balaban J connectivity index is 2.16. The molecule has 0 fully saturated rings. The van der Waals surface area contributed by atoms with E-state index in [1.165, 1.54) is 0 Å². The molecule has 2 aromatic rings. The highest BCUT2D eigenvalue weighted by atomic mass is 16.2. The Morgan fingerprint density at radius 1 is 1.39 bits per heavy atom. The third kappa shape index (κ3) is 2.89. The first-order valence-electron chi connectivity index (χ1n) is 5.67. The largest absolute Gasteiger partial charge is 0.330 e. The summed E-state index contributed by atoms with van der Waals surface area (Å²) in [5, 5.41) is 4.93. The van der Waals surface area contributed by atoms with Gasteiger partial charge in [-0.3, -0.25) is 9.78 Å². The molecular formula is C13H14N4O. The van der Waals surface area contributed by atoms with Crippen LogP contribution in [-0.2, 0) is 4.79 Å². The molecule has 1 amide bonds. The number of hydrazone groups is 1. The zero-order chi connectivity index (χ0) is 12.8. The Morgan fingerprint density at radius 3 is 3.06 bits per heavy atom. The SMILES string of the molecule is NCCC(=O)N/N=C/c1cccc2cccnc12. The smallest absolute Gasteiger partial charge is 0.241 e. The summed E-state index contributed by atoms with van der Waals surface area (Å²) in [5.41, 5.74) is 9.40. The van der Waals surface area contributed by atoms with Crippen molar-refractivity contribution in [2.75, 3.05) is 6.54 Å². The zero-order valence-corrected chi connectivity index (χ0v) is 9.84. The molecule has 0 radical (unpaired) electrons. The molecule has 5 heteroatoms. The molecule has 0 atom stereocenters. The van der Waals surface area contributed by atoms with Crippen molar-refractivity contribution in [2.24, 2.45) is 10.8 Å². The molecule has 2 rings (SSSR count). The van der Waals surface area contributed by atoms with Crippen molar-refractivity contribution in [1.29, 1.82) is 0 Å². The summed E-state index contributed by atoms with van der Waals surface area (Å²) in [4.78, 5) is 15.5. The molecule has 1 heterocycles. The lowest BCUT2D eigenvalue weighted by Crippen LogP contribution is -2.20. The van der Waals surface area contributed by atoms with E-state index in [-0.39, 0.29) is 12.3 Å². The van der Waals surface area contributed by atoms with E-state index in [4.69, 9.17) is 5.73 Å². The lowest BCUT2D eigenvalue weighted by Gasteiger charge is -2.00. The number of para-hydroxylation sites is 1. The van der Waals surface area contributed by atoms with Crippen LogP contribution < -0.4 is 11.2 Å². The van der Waals surface area contributed by atoms with Crippen LogP contribution in [0.5, 0.6) is 0 Å². The van der Waals surface area contributed by atoms with Gasteiger partial charge in [-0.2, -0.15) is 5.10 Å². The number of rotatable bonds is 4. The van der Waals surface area contributed by atoms with Crippen LogP contribution in [0.25, 0.3) is 10.9 Å². The van der Waals surface area contributed by atoms with Crippen molar-refractivity contribution < 1.29 is 4.79 Å². The van der Waals surface area contributed by atoms with Crippen molar-refractivity contribution >= 4 is 23.0 Å². The van der Waals surface area contributed by atoms with Gasteiger partial charge in [-0.15, -0.1) is 0 Å². The second-order valence-electron chi connectivity index (χ2n) is 3.75. The minimum atomic E-state index is -0.193. The molecule has 0 aliphatic heterocycles. The fourth-order valence-electron chi connectivity index (χ4n) is 1.59. The molecule has 0 unspecified atom stereocenters. The highest BCUT2D eigenvalue weighted by Gasteiger charge is 1.99. The monoisotopic (exact) mass is 242 g/mol. The number of aromatic nitrogens is 1. The fourth-order valence-corrected chi connectivity index (χ4v) is 1.59. The maximum absolute atomic E-state index is 11.2. The number of carbonyl (C=O) groups excluding carboxylic acids is 1. The minimum Gasteiger partial charge on any atom is -0.330 e. The molecule has 0 spiro atoms. The number of nitrogens with two attached hydrogens (primary N) is 1. The number of hydrogen-bond donors (Lipinski definition) is 2. The molecule has 0 aliphatic carbocycles. The first-order chi connectivity index (χ1) is 8.81. The number of nitrogens with one attached hydrogen (secondary N) is 1. The molecule has 92 valence electrons. The van der Waals surface area contributed by atoms with Crippen molar-refractivity contribution in [1.82, 2.24) is 10.4 Å². The third-order valence-corrected chi connectivity index (χ3v) is 2.43. The molecule has 3 N–H and O–H groups in total. The van der Waals surface area contributed by atoms with Crippen molar-refractivity contribution in [2.45, 2.75) is 6.42 Å². The van der Waals surface area contributed by atoms with Gasteiger partial charge in [-0.25, -0.2) is 5.43 Å². The Hall–Kier alpha value is -2.27. The van der Waals surface area contributed by atoms with Crippen molar-refractivity contribution in [3.8, 4) is 0 Å².